The van der Waals surface area contributed by atoms with Gasteiger partial charge in [0.2, 0.25) is 5.91 Å². The number of carbonyl (C=O) groups excluding carboxylic acids is 1. The number of thioether (sulfide) groups is 1. The van der Waals surface area contributed by atoms with Crippen molar-refractivity contribution in [3.63, 3.8) is 0 Å². The first-order chi connectivity index (χ1) is 15.6. The third-order valence-corrected chi connectivity index (χ3v) is 8.28. The first-order valence-electron chi connectivity index (χ1n) is 11.2. The molecule has 1 aliphatic carbocycles. The molecule has 0 radical (unpaired) electrons. The molecule has 0 spiro atoms. The second-order valence-electron chi connectivity index (χ2n) is 8.62. The van der Waals surface area contributed by atoms with Crippen LogP contribution in [0.3, 0.4) is 0 Å². The summed E-state index contributed by atoms with van der Waals surface area (Å²) in [5.74, 6) is 1.44. The topological polar surface area (TPSA) is 86.4 Å². The minimum Gasteiger partial charge on any atom is -0.467 e. The molecular formula is C23H27N3O4S2. The van der Waals surface area contributed by atoms with Crippen molar-refractivity contribution in [1.82, 2.24) is 14.9 Å². The van der Waals surface area contributed by atoms with E-state index in [2.05, 4.69) is 12.2 Å². The molecule has 4 heterocycles. The van der Waals surface area contributed by atoms with E-state index >= 15 is 0 Å². The Morgan fingerprint density at radius 1 is 1.41 bits per heavy atom. The van der Waals surface area contributed by atoms with Crippen LogP contribution in [0.5, 0.6) is 0 Å². The highest BCUT2D eigenvalue weighted by molar-refractivity contribution is 7.99. The fraction of sp³-hybridized carbons (Fsp3) is 0.522. The van der Waals surface area contributed by atoms with E-state index in [-0.39, 0.29) is 23.3 Å². The number of rotatable bonds is 7. The molecule has 1 aliphatic heterocycles. The molecule has 1 fully saturated rings. The summed E-state index contributed by atoms with van der Waals surface area (Å²) in [6.45, 7) is 3.85. The Kier molecular flexibility index (Phi) is 6.39. The SMILES string of the molecule is CC1CCc2c(sc3nc(SCC(=O)NCC4CCCO4)n(Cc4ccco4)c(=O)c23)C1. The van der Waals surface area contributed by atoms with Crippen LogP contribution in [0.4, 0.5) is 0 Å². The number of nitrogens with one attached hydrogen (secondary N) is 1. The van der Waals surface area contributed by atoms with Crippen molar-refractivity contribution in [2.24, 2.45) is 5.92 Å². The fourth-order valence-electron chi connectivity index (χ4n) is 4.43. The van der Waals surface area contributed by atoms with Crippen molar-refractivity contribution in [2.45, 2.75) is 56.8 Å². The van der Waals surface area contributed by atoms with Gasteiger partial charge in [-0.2, -0.15) is 0 Å². The normalized spacial score (nSPS) is 20.5. The molecule has 3 aromatic rings. The number of thiophene rings is 1. The first kappa shape index (κ1) is 21.7. The van der Waals surface area contributed by atoms with Crippen LogP contribution in [0.2, 0.25) is 0 Å². The van der Waals surface area contributed by atoms with Gasteiger partial charge < -0.3 is 14.5 Å². The number of furan rings is 1. The van der Waals surface area contributed by atoms with Crippen LogP contribution in [0.1, 0.15) is 42.4 Å². The third-order valence-electron chi connectivity index (χ3n) is 6.16. The number of hydrogen-bond acceptors (Lipinski definition) is 7. The predicted octanol–water partition coefficient (Wildman–Crippen LogP) is 3.61. The van der Waals surface area contributed by atoms with Crippen LogP contribution < -0.4 is 10.9 Å². The van der Waals surface area contributed by atoms with E-state index in [0.717, 1.165) is 48.9 Å². The Balaban J connectivity index is 1.42. The van der Waals surface area contributed by atoms with Crippen molar-refractivity contribution in [1.29, 1.82) is 0 Å². The zero-order valence-corrected chi connectivity index (χ0v) is 19.7. The van der Waals surface area contributed by atoms with Gasteiger partial charge in [0.15, 0.2) is 5.16 Å². The van der Waals surface area contributed by atoms with E-state index in [0.29, 0.717) is 29.9 Å². The van der Waals surface area contributed by atoms with E-state index in [4.69, 9.17) is 14.1 Å². The second-order valence-corrected chi connectivity index (χ2v) is 10.7. The van der Waals surface area contributed by atoms with Gasteiger partial charge in [-0.05, 0) is 55.7 Å². The zero-order chi connectivity index (χ0) is 22.1. The lowest BCUT2D eigenvalue weighted by atomic mass is 9.89. The van der Waals surface area contributed by atoms with E-state index in [9.17, 15) is 9.59 Å². The summed E-state index contributed by atoms with van der Waals surface area (Å²) < 4.78 is 12.7. The van der Waals surface area contributed by atoms with Gasteiger partial charge in [0.1, 0.15) is 10.6 Å². The molecule has 9 heteroatoms. The van der Waals surface area contributed by atoms with Crippen molar-refractivity contribution < 1.29 is 13.9 Å². The number of aryl methyl sites for hydroxylation is 1. The lowest BCUT2D eigenvalue weighted by Crippen LogP contribution is -2.33. The molecule has 2 aliphatic rings. The number of aromatic nitrogens is 2. The van der Waals surface area contributed by atoms with E-state index in [1.165, 1.54) is 22.2 Å². The number of carbonyl (C=O) groups is 1. The molecule has 7 nitrogen and oxygen atoms in total. The number of fused-ring (bicyclic) bond motifs is 3. The molecule has 0 saturated carbocycles. The molecule has 3 aromatic heterocycles. The Bertz CT molecular complexity index is 1160. The monoisotopic (exact) mass is 473 g/mol. The molecule has 2 unspecified atom stereocenters. The minimum atomic E-state index is -0.0799. The maximum absolute atomic E-state index is 13.6. The third kappa shape index (κ3) is 4.51. The lowest BCUT2D eigenvalue weighted by Gasteiger charge is -2.17. The van der Waals surface area contributed by atoms with Gasteiger partial charge in [-0.3, -0.25) is 14.2 Å². The van der Waals surface area contributed by atoms with Crippen LogP contribution in [-0.2, 0) is 28.9 Å². The first-order valence-corrected chi connectivity index (χ1v) is 13.0. The van der Waals surface area contributed by atoms with Crippen molar-refractivity contribution in [2.75, 3.05) is 18.9 Å². The number of hydrogen-bond donors (Lipinski definition) is 1. The molecule has 1 N–H and O–H groups in total. The van der Waals surface area contributed by atoms with Gasteiger partial charge in [0.25, 0.3) is 5.56 Å². The van der Waals surface area contributed by atoms with E-state index in [1.807, 2.05) is 12.1 Å². The van der Waals surface area contributed by atoms with Gasteiger partial charge in [0.05, 0.1) is 30.1 Å². The summed E-state index contributed by atoms with van der Waals surface area (Å²) in [5, 5.41) is 4.24. The van der Waals surface area contributed by atoms with Crippen molar-refractivity contribution in [3.8, 4) is 0 Å². The molecule has 32 heavy (non-hydrogen) atoms. The minimum absolute atomic E-state index is 0.0410. The summed E-state index contributed by atoms with van der Waals surface area (Å²) in [6, 6.07) is 3.66. The van der Waals surface area contributed by atoms with Crippen LogP contribution in [0, 0.1) is 5.92 Å². The smallest absolute Gasteiger partial charge is 0.263 e. The largest absolute Gasteiger partial charge is 0.467 e. The maximum Gasteiger partial charge on any atom is 0.263 e. The number of amides is 1. The average Bonchev–Trinajstić information content (AvgIpc) is 3.53. The predicted molar refractivity (Wildman–Crippen MR) is 126 cm³/mol. The van der Waals surface area contributed by atoms with Crippen LogP contribution >= 0.6 is 23.1 Å². The Labute approximate surface area is 194 Å². The fourth-order valence-corrected chi connectivity index (χ4v) is 6.68. The molecule has 1 amide bonds. The second kappa shape index (κ2) is 9.41. The molecule has 1 saturated heterocycles. The number of nitrogens with zero attached hydrogens (tertiary/aromatic N) is 2. The molecular weight excluding hydrogens is 446 g/mol. The van der Waals surface area contributed by atoms with Gasteiger partial charge in [0, 0.05) is 18.0 Å². The molecule has 0 aromatic carbocycles. The Morgan fingerprint density at radius 3 is 3.09 bits per heavy atom. The van der Waals surface area contributed by atoms with Crippen LogP contribution in [-0.4, -0.2) is 40.5 Å². The molecule has 2 atom stereocenters. The van der Waals surface area contributed by atoms with Gasteiger partial charge in [-0.15, -0.1) is 11.3 Å². The molecule has 170 valence electrons. The summed E-state index contributed by atoms with van der Waals surface area (Å²) in [5.41, 5.74) is 1.13. The summed E-state index contributed by atoms with van der Waals surface area (Å²) >= 11 is 2.93. The summed E-state index contributed by atoms with van der Waals surface area (Å²) in [6.07, 6.45) is 6.76. The van der Waals surface area contributed by atoms with E-state index in [1.54, 1.807) is 22.2 Å². The quantitative estimate of drug-likeness (QED) is 0.417. The average molecular weight is 474 g/mol. The summed E-state index contributed by atoms with van der Waals surface area (Å²) in [7, 11) is 0. The maximum atomic E-state index is 13.6. The van der Waals surface area contributed by atoms with Gasteiger partial charge >= 0.3 is 0 Å². The standard InChI is InChI=1S/C23H27N3O4S2/c1-14-6-7-17-18(10-14)32-21-20(17)22(28)26(12-16-5-3-9-30-16)23(25-21)31-13-19(27)24-11-15-4-2-8-29-15/h3,5,9,14-15H,2,4,6-8,10-13H2,1H3,(H,24,27). The summed E-state index contributed by atoms with van der Waals surface area (Å²) in [4.78, 5) is 32.9. The Morgan fingerprint density at radius 2 is 2.31 bits per heavy atom. The van der Waals surface area contributed by atoms with Crippen molar-refractivity contribution >= 4 is 39.2 Å². The lowest BCUT2D eigenvalue weighted by molar-refractivity contribution is -0.119. The van der Waals surface area contributed by atoms with E-state index < -0.39 is 0 Å². The zero-order valence-electron chi connectivity index (χ0n) is 18.1. The number of ether oxygens (including phenoxy) is 1. The van der Waals surface area contributed by atoms with Crippen LogP contribution in [0.25, 0.3) is 10.2 Å². The molecule has 5 rings (SSSR count). The van der Waals surface area contributed by atoms with Gasteiger partial charge in [-0.1, -0.05) is 18.7 Å². The van der Waals surface area contributed by atoms with Crippen molar-refractivity contribution in [3.05, 3.63) is 45.0 Å². The highest BCUT2D eigenvalue weighted by atomic mass is 32.2. The van der Waals surface area contributed by atoms with Crippen LogP contribution in [0.15, 0.2) is 32.8 Å². The highest BCUT2D eigenvalue weighted by Gasteiger charge is 2.25. The Hall–Kier alpha value is -2.10. The van der Waals surface area contributed by atoms with Gasteiger partial charge in [-0.25, -0.2) is 4.98 Å². The highest BCUT2D eigenvalue weighted by Crippen LogP contribution is 2.36. The molecule has 0 bridgehead atoms.